The van der Waals surface area contributed by atoms with Crippen LogP contribution in [0.15, 0.2) is 12.1 Å². The normalized spacial score (nSPS) is 23.2. The van der Waals surface area contributed by atoms with Gasteiger partial charge in [0.2, 0.25) is 0 Å². The third kappa shape index (κ3) is 3.26. The van der Waals surface area contributed by atoms with E-state index in [9.17, 15) is 18.0 Å². The Balaban J connectivity index is 2.42. The van der Waals surface area contributed by atoms with Gasteiger partial charge in [0.1, 0.15) is 11.5 Å². The van der Waals surface area contributed by atoms with Crippen molar-refractivity contribution in [3.63, 3.8) is 0 Å². The SMILES string of the molecule is CC1CCN(c2nc(C(F)(F)F)ccc2C(N)=O)CC1N. The minimum absolute atomic E-state index is 0.0234. The maximum Gasteiger partial charge on any atom is 0.433 e. The molecule has 116 valence electrons. The lowest BCUT2D eigenvalue weighted by molar-refractivity contribution is -0.141. The summed E-state index contributed by atoms with van der Waals surface area (Å²) >= 11 is 0. The lowest BCUT2D eigenvalue weighted by Crippen LogP contribution is -2.48. The van der Waals surface area contributed by atoms with Crippen molar-refractivity contribution in [3.8, 4) is 0 Å². The Morgan fingerprint density at radius 2 is 2.10 bits per heavy atom. The average molecular weight is 302 g/mol. The first-order valence-corrected chi connectivity index (χ1v) is 6.58. The van der Waals surface area contributed by atoms with Crippen molar-refractivity contribution in [3.05, 3.63) is 23.4 Å². The van der Waals surface area contributed by atoms with E-state index < -0.39 is 17.8 Å². The van der Waals surface area contributed by atoms with Gasteiger partial charge in [0.15, 0.2) is 0 Å². The second-order valence-electron chi connectivity index (χ2n) is 5.31. The van der Waals surface area contributed by atoms with E-state index in [0.717, 1.165) is 18.6 Å². The van der Waals surface area contributed by atoms with Gasteiger partial charge in [-0.3, -0.25) is 4.79 Å². The Kier molecular flexibility index (Phi) is 4.08. The van der Waals surface area contributed by atoms with Crippen LogP contribution in [0.4, 0.5) is 19.0 Å². The molecule has 4 N–H and O–H groups in total. The maximum atomic E-state index is 12.8. The molecule has 5 nitrogen and oxygen atoms in total. The molecule has 8 heteroatoms. The molecule has 1 aliphatic heterocycles. The fourth-order valence-electron chi connectivity index (χ4n) is 2.33. The van der Waals surface area contributed by atoms with Gasteiger partial charge in [0.25, 0.3) is 5.91 Å². The largest absolute Gasteiger partial charge is 0.433 e. The number of halogens is 3. The molecular weight excluding hydrogens is 285 g/mol. The molecule has 2 heterocycles. The van der Waals surface area contributed by atoms with Crippen molar-refractivity contribution >= 4 is 11.7 Å². The van der Waals surface area contributed by atoms with Gasteiger partial charge in [-0.15, -0.1) is 0 Å². The monoisotopic (exact) mass is 302 g/mol. The van der Waals surface area contributed by atoms with E-state index in [1.165, 1.54) is 0 Å². The van der Waals surface area contributed by atoms with Crippen LogP contribution in [0.1, 0.15) is 29.4 Å². The first-order valence-electron chi connectivity index (χ1n) is 6.58. The van der Waals surface area contributed by atoms with Crippen LogP contribution >= 0.6 is 0 Å². The molecule has 0 bridgehead atoms. The van der Waals surface area contributed by atoms with E-state index in [1.807, 2.05) is 6.92 Å². The Morgan fingerprint density at radius 3 is 2.62 bits per heavy atom. The zero-order valence-corrected chi connectivity index (χ0v) is 11.5. The van der Waals surface area contributed by atoms with E-state index in [-0.39, 0.29) is 23.3 Å². The summed E-state index contributed by atoms with van der Waals surface area (Å²) < 4.78 is 38.4. The number of anilines is 1. The van der Waals surface area contributed by atoms with Crippen molar-refractivity contribution in [1.82, 2.24) is 4.98 Å². The van der Waals surface area contributed by atoms with Crippen molar-refractivity contribution in [2.75, 3.05) is 18.0 Å². The van der Waals surface area contributed by atoms with Crippen molar-refractivity contribution in [2.45, 2.75) is 25.6 Å². The molecule has 0 aliphatic carbocycles. The topological polar surface area (TPSA) is 85.2 Å². The minimum Gasteiger partial charge on any atom is -0.365 e. The highest BCUT2D eigenvalue weighted by atomic mass is 19.4. The standard InChI is InChI=1S/C13H17F3N4O/c1-7-4-5-20(6-9(7)17)12-8(11(18)21)2-3-10(19-12)13(14,15)16/h2-3,7,9H,4-6,17H2,1H3,(H2,18,21). The number of nitrogens with two attached hydrogens (primary N) is 2. The number of alkyl halides is 3. The zero-order valence-electron chi connectivity index (χ0n) is 11.5. The van der Waals surface area contributed by atoms with Gasteiger partial charge in [-0.25, -0.2) is 4.98 Å². The lowest BCUT2D eigenvalue weighted by Gasteiger charge is -2.36. The zero-order chi connectivity index (χ0) is 15.8. The molecule has 21 heavy (non-hydrogen) atoms. The Hall–Kier alpha value is -1.83. The molecule has 0 saturated carbocycles. The van der Waals surface area contributed by atoms with Gasteiger partial charge in [0, 0.05) is 19.1 Å². The molecule has 1 aromatic rings. The van der Waals surface area contributed by atoms with Crippen molar-refractivity contribution in [2.24, 2.45) is 17.4 Å². The second-order valence-corrected chi connectivity index (χ2v) is 5.31. The Labute approximate surface area is 120 Å². The number of carbonyl (C=O) groups excluding carboxylic acids is 1. The van der Waals surface area contributed by atoms with Gasteiger partial charge in [-0.2, -0.15) is 13.2 Å². The lowest BCUT2D eigenvalue weighted by atomic mass is 9.94. The summed E-state index contributed by atoms with van der Waals surface area (Å²) in [6.45, 7) is 2.82. The van der Waals surface area contributed by atoms with Crippen LogP contribution in [0.5, 0.6) is 0 Å². The molecule has 1 aromatic heterocycles. The van der Waals surface area contributed by atoms with Crippen LogP contribution in [-0.4, -0.2) is 30.0 Å². The number of hydrogen-bond acceptors (Lipinski definition) is 4. The minimum atomic E-state index is -4.57. The molecule has 2 rings (SSSR count). The first kappa shape index (κ1) is 15.6. The molecule has 0 spiro atoms. The van der Waals surface area contributed by atoms with Crippen LogP contribution in [0.2, 0.25) is 0 Å². The van der Waals surface area contributed by atoms with Crippen molar-refractivity contribution in [1.29, 1.82) is 0 Å². The summed E-state index contributed by atoms with van der Waals surface area (Å²) in [5.74, 6) is -0.581. The fraction of sp³-hybridized carbons (Fsp3) is 0.538. The fourth-order valence-corrected chi connectivity index (χ4v) is 2.33. The highest BCUT2D eigenvalue weighted by molar-refractivity contribution is 5.97. The van der Waals surface area contributed by atoms with E-state index in [2.05, 4.69) is 4.98 Å². The highest BCUT2D eigenvalue weighted by Crippen LogP contribution is 2.31. The summed E-state index contributed by atoms with van der Waals surface area (Å²) in [4.78, 5) is 16.6. The average Bonchev–Trinajstić information content (AvgIpc) is 2.40. The quantitative estimate of drug-likeness (QED) is 0.864. The smallest absolute Gasteiger partial charge is 0.365 e. The molecule has 0 aromatic carbocycles. The molecule has 1 saturated heterocycles. The summed E-state index contributed by atoms with van der Waals surface area (Å²) in [5, 5.41) is 0. The predicted molar refractivity (Wildman–Crippen MR) is 71.7 cm³/mol. The van der Waals surface area contributed by atoms with Gasteiger partial charge in [-0.05, 0) is 24.5 Å². The Bertz CT molecular complexity index is 547. The maximum absolute atomic E-state index is 12.8. The number of pyridine rings is 1. The number of carbonyl (C=O) groups is 1. The third-order valence-electron chi connectivity index (χ3n) is 3.75. The van der Waals surface area contributed by atoms with Crippen LogP contribution < -0.4 is 16.4 Å². The van der Waals surface area contributed by atoms with Gasteiger partial charge >= 0.3 is 6.18 Å². The van der Waals surface area contributed by atoms with Crippen LogP contribution in [0.25, 0.3) is 0 Å². The first-order chi connectivity index (χ1) is 9.70. The second kappa shape index (κ2) is 5.51. The van der Waals surface area contributed by atoms with E-state index in [4.69, 9.17) is 11.5 Å². The van der Waals surface area contributed by atoms with Gasteiger partial charge in [0.05, 0.1) is 5.56 Å². The number of hydrogen-bond donors (Lipinski definition) is 2. The molecule has 1 amide bonds. The molecule has 2 atom stereocenters. The number of primary amides is 1. The Morgan fingerprint density at radius 1 is 1.43 bits per heavy atom. The number of aromatic nitrogens is 1. The van der Waals surface area contributed by atoms with Crippen molar-refractivity contribution < 1.29 is 18.0 Å². The van der Waals surface area contributed by atoms with E-state index in [0.29, 0.717) is 13.1 Å². The molecule has 2 unspecified atom stereocenters. The number of piperidine rings is 1. The van der Waals surface area contributed by atoms with Crippen LogP contribution in [0.3, 0.4) is 0 Å². The predicted octanol–water partition coefficient (Wildman–Crippen LogP) is 1.37. The third-order valence-corrected chi connectivity index (χ3v) is 3.75. The molecule has 1 aliphatic rings. The van der Waals surface area contributed by atoms with E-state index in [1.54, 1.807) is 4.90 Å². The van der Waals surface area contributed by atoms with Gasteiger partial charge in [-0.1, -0.05) is 6.92 Å². The summed E-state index contributed by atoms with van der Waals surface area (Å²) in [6.07, 6.45) is -3.85. The summed E-state index contributed by atoms with van der Waals surface area (Å²) in [6, 6.07) is 1.64. The highest BCUT2D eigenvalue weighted by Gasteiger charge is 2.35. The summed E-state index contributed by atoms with van der Waals surface area (Å²) in [7, 11) is 0. The molecule has 0 radical (unpaired) electrons. The number of nitrogens with zero attached hydrogens (tertiary/aromatic N) is 2. The van der Waals surface area contributed by atoms with Crippen LogP contribution in [0, 0.1) is 5.92 Å². The molecule has 1 fully saturated rings. The number of amides is 1. The number of rotatable bonds is 2. The summed E-state index contributed by atoms with van der Waals surface area (Å²) in [5.41, 5.74) is 10.1. The van der Waals surface area contributed by atoms with Crippen LogP contribution in [-0.2, 0) is 6.18 Å². The molecular formula is C13H17F3N4O. The van der Waals surface area contributed by atoms with E-state index >= 15 is 0 Å². The van der Waals surface area contributed by atoms with Gasteiger partial charge < -0.3 is 16.4 Å².